The van der Waals surface area contributed by atoms with Gasteiger partial charge >= 0.3 is 0 Å². The van der Waals surface area contributed by atoms with Crippen molar-refractivity contribution in [2.45, 2.75) is 19.8 Å². The average Bonchev–Trinajstić information content (AvgIpc) is 2.72. The molecule has 0 bridgehead atoms. The van der Waals surface area contributed by atoms with Crippen LogP contribution in [0.15, 0.2) is 18.5 Å². The number of rotatable bonds is 4. The van der Waals surface area contributed by atoms with Gasteiger partial charge in [0.1, 0.15) is 0 Å². The van der Waals surface area contributed by atoms with E-state index in [1.165, 1.54) is 0 Å². The molecule has 0 atom stereocenters. The Hall–Kier alpha value is -1.26. The summed E-state index contributed by atoms with van der Waals surface area (Å²) >= 11 is 12.0. The molecule has 18 heavy (non-hydrogen) atoms. The minimum absolute atomic E-state index is 0.0415. The number of nitrogens with zero attached hydrogens (tertiary/aromatic N) is 2. The van der Waals surface area contributed by atoms with E-state index >= 15 is 0 Å². The standard InChI is InChI=1S/C12H13Cl2N3O/c1-2-11(18)15-4-3-9-7-17-6-8(13)5-10(14)12(17)16-9/h5-7H,2-4H2,1H3,(H,15,18). The molecule has 0 aliphatic carbocycles. The molecule has 1 amide bonds. The second-order valence-electron chi connectivity index (χ2n) is 3.92. The summed E-state index contributed by atoms with van der Waals surface area (Å²) in [5.74, 6) is 0.0415. The predicted octanol–water partition coefficient (Wildman–Crippen LogP) is 2.71. The number of aromatic nitrogens is 2. The number of carbonyl (C=O) groups is 1. The molecule has 0 aliphatic heterocycles. The van der Waals surface area contributed by atoms with Crippen LogP contribution in [0.5, 0.6) is 0 Å². The summed E-state index contributed by atoms with van der Waals surface area (Å²) in [5.41, 5.74) is 1.55. The lowest BCUT2D eigenvalue weighted by atomic mass is 10.3. The van der Waals surface area contributed by atoms with Gasteiger partial charge in [0.05, 0.1) is 15.7 Å². The van der Waals surface area contributed by atoms with E-state index in [-0.39, 0.29) is 5.91 Å². The van der Waals surface area contributed by atoms with Crippen LogP contribution in [0.4, 0.5) is 0 Å². The van der Waals surface area contributed by atoms with Crippen LogP contribution in [0.2, 0.25) is 10.0 Å². The Bertz CT molecular complexity index is 580. The van der Waals surface area contributed by atoms with Crippen molar-refractivity contribution >= 4 is 34.8 Å². The summed E-state index contributed by atoms with van der Waals surface area (Å²) in [4.78, 5) is 15.5. The molecular formula is C12H13Cl2N3O. The number of hydrogen-bond acceptors (Lipinski definition) is 2. The molecule has 2 rings (SSSR count). The fourth-order valence-electron chi connectivity index (χ4n) is 1.65. The van der Waals surface area contributed by atoms with Crippen LogP contribution in [0.25, 0.3) is 5.65 Å². The molecule has 0 aromatic carbocycles. The van der Waals surface area contributed by atoms with Gasteiger partial charge in [-0.15, -0.1) is 0 Å². The number of pyridine rings is 1. The van der Waals surface area contributed by atoms with Crippen molar-refractivity contribution in [1.29, 1.82) is 0 Å². The van der Waals surface area contributed by atoms with Gasteiger partial charge in [0.2, 0.25) is 5.91 Å². The largest absolute Gasteiger partial charge is 0.356 e. The van der Waals surface area contributed by atoms with Gasteiger partial charge in [0.25, 0.3) is 0 Å². The average molecular weight is 286 g/mol. The molecule has 0 saturated heterocycles. The lowest BCUT2D eigenvalue weighted by Gasteiger charge is -2.00. The van der Waals surface area contributed by atoms with Crippen LogP contribution in [-0.2, 0) is 11.2 Å². The van der Waals surface area contributed by atoms with E-state index in [9.17, 15) is 4.79 Å². The van der Waals surface area contributed by atoms with Gasteiger partial charge in [-0.1, -0.05) is 30.1 Å². The third-order valence-corrected chi connectivity index (χ3v) is 3.03. The first kappa shape index (κ1) is 13.2. The molecule has 0 spiro atoms. The monoisotopic (exact) mass is 285 g/mol. The van der Waals surface area contributed by atoms with E-state index in [1.807, 2.05) is 13.1 Å². The highest BCUT2D eigenvalue weighted by Crippen LogP contribution is 2.21. The molecule has 6 heteroatoms. The van der Waals surface area contributed by atoms with Crippen molar-refractivity contribution in [3.63, 3.8) is 0 Å². The lowest BCUT2D eigenvalue weighted by molar-refractivity contribution is -0.120. The minimum atomic E-state index is 0.0415. The van der Waals surface area contributed by atoms with Gasteiger partial charge < -0.3 is 9.72 Å². The number of halogens is 2. The first-order valence-electron chi connectivity index (χ1n) is 5.69. The molecule has 0 unspecified atom stereocenters. The van der Waals surface area contributed by atoms with Crippen LogP contribution >= 0.6 is 23.2 Å². The summed E-state index contributed by atoms with van der Waals surface area (Å²) in [7, 11) is 0. The SMILES string of the molecule is CCC(=O)NCCc1cn2cc(Cl)cc(Cl)c2n1. The fourth-order valence-corrected chi connectivity index (χ4v) is 2.18. The first-order chi connectivity index (χ1) is 8.60. The Kier molecular flexibility index (Phi) is 4.09. The van der Waals surface area contributed by atoms with E-state index in [0.29, 0.717) is 35.1 Å². The fraction of sp³-hybridized carbons (Fsp3) is 0.333. The van der Waals surface area contributed by atoms with Crippen LogP contribution < -0.4 is 5.32 Å². The van der Waals surface area contributed by atoms with Gasteiger partial charge in [-0.3, -0.25) is 4.79 Å². The highest BCUT2D eigenvalue weighted by molar-refractivity contribution is 6.36. The van der Waals surface area contributed by atoms with Crippen LogP contribution in [0.1, 0.15) is 19.0 Å². The van der Waals surface area contributed by atoms with E-state index in [0.717, 1.165) is 5.69 Å². The number of amides is 1. The molecule has 4 nitrogen and oxygen atoms in total. The third kappa shape index (κ3) is 2.94. The van der Waals surface area contributed by atoms with Crippen LogP contribution in [0.3, 0.4) is 0 Å². The van der Waals surface area contributed by atoms with Gasteiger partial charge in [-0.05, 0) is 6.07 Å². The van der Waals surface area contributed by atoms with E-state index in [4.69, 9.17) is 23.2 Å². The maximum atomic E-state index is 11.1. The predicted molar refractivity (Wildman–Crippen MR) is 72.2 cm³/mol. The highest BCUT2D eigenvalue weighted by atomic mass is 35.5. The van der Waals surface area contributed by atoms with Gasteiger partial charge in [0, 0.05) is 31.8 Å². The second-order valence-corrected chi connectivity index (χ2v) is 4.77. The normalized spacial score (nSPS) is 10.8. The zero-order valence-electron chi connectivity index (χ0n) is 9.91. The number of fused-ring (bicyclic) bond motifs is 1. The maximum Gasteiger partial charge on any atom is 0.219 e. The Morgan fingerprint density at radius 1 is 1.44 bits per heavy atom. The van der Waals surface area contributed by atoms with E-state index in [1.54, 1.807) is 16.7 Å². The van der Waals surface area contributed by atoms with Crippen molar-refractivity contribution in [3.8, 4) is 0 Å². The minimum Gasteiger partial charge on any atom is -0.356 e. The molecule has 0 radical (unpaired) electrons. The summed E-state index contributed by atoms with van der Waals surface area (Å²) < 4.78 is 1.79. The van der Waals surface area contributed by atoms with E-state index in [2.05, 4.69) is 10.3 Å². The topological polar surface area (TPSA) is 46.4 Å². The van der Waals surface area contributed by atoms with Gasteiger partial charge in [-0.2, -0.15) is 0 Å². The zero-order valence-corrected chi connectivity index (χ0v) is 11.4. The summed E-state index contributed by atoms with van der Waals surface area (Å²) in [6.45, 7) is 2.39. The first-order valence-corrected chi connectivity index (χ1v) is 6.45. The summed E-state index contributed by atoms with van der Waals surface area (Å²) in [5, 5.41) is 3.89. The summed E-state index contributed by atoms with van der Waals surface area (Å²) in [6.07, 6.45) is 4.78. The molecule has 2 aromatic heterocycles. The Labute approximate surface area is 115 Å². The van der Waals surface area contributed by atoms with E-state index < -0.39 is 0 Å². The Morgan fingerprint density at radius 3 is 2.94 bits per heavy atom. The Balaban J connectivity index is 2.11. The van der Waals surface area contributed by atoms with Crippen molar-refractivity contribution < 1.29 is 4.79 Å². The lowest BCUT2D eigenvalue weighted by Crippen LogP contribution is -2.24. The number of nitrogens with one attached hydrogen (secondary N) is 1. The zero-order chi connectivity index (χ0) is 13.1. The molecule has 0 saturated carbocycles. The van der Waals surface area contributed by atoms with Crippen LogP contribution in [0, 0.1) is 0 Å². The smallest absolute Gasteiger partial charge is 0.219 e. The quantitative estimate of drug-likeness (QED) is 0.939. The number of hydrogen-bond donors (Lipinski definition) is 1. The molecule has 2 heterocycles. The van der Waals surface area contributed by atoms with Crippen molar-refractivity contribution in [2.24, 2.45) is 0 Å². The number of imidazole rings is 1. The molecule has 1 N–H and O–H groups in total. The molecule has 0 aliphatic rings. The number of carbonyl (C=O) groups excluding carboxylic acids is 1. The molecule has 2 aromatic rings. The van der Waals surface area contributed by atoms with Crippen molar-refractivity contribution in [2.75, 3.05) is 6.54 Å². The maximum absolute atomic E-state index is 11.1. The van der Waals surface area contributed by atoms with Crippen LogP contribution in [-0.4, -0.2) is 21.8 Å². The van der Waals surface area contributed by atoms with Gasteiger partial charge in [0.15, 0.2) is 5.65 Å². The van der Waals surface area contributed by atoms with Gasteiger partial charge in [-0.25, -0.2) is 4.98 Å². The Morgan fingerprint density at radius 2 is 2.22 bits per heavy atom. The molecule has 0 fully saturated rings. The highest BCUT2D eigenvalue weighted by Gasteiger charge is 2.07. The third-order valence-electron chi connectivity index (χ3n) is 2.55. The second kappa shape index (κ2) is 5.59. The summed E-state index contributed by atoms with van der Waals surface area (Å²) in [6, 6.07) is 1.66. The van der Waals surface area contributed by atoms with Crippen molar-refractivity contribution in [1.82, 2.24) is 14.7 Å². The van der Waals surface area contributed by atoms with Crippen molar-refractivity contribution in [3.05, 3.63) is 34.2 Å². The molecular weight excluding hydrogens is 273 g/mol. The molecule has 96 valence electrons.